The Kier molecular flexibility index (Phi) is 5.60. The number of aryl methyl sites for hydroxylation is 1. The lowest BCUT2D eigenvalue weighted by molar-refractivity contribution is -0.131. The number of carbonyl (C=O) groups is 2. The van der Waals surface area contributed by atoms with Crippen molar-refractivity contribution in [1.82, 2.24) is 24.9 Å². The smallest absolute Gasteiger partial charge is 0.243 e. The zero-order valence-corrected chi connectivity index (χ0v) is 16.3. The van der Waals surface area contributed by atoms with Crippen LogP contribution in [0.1, 0.15) is 29.6 Å². The van der Waals surface area contributed by atoms with Gasteiger partial charge in [0.05, 0.1) is 12.2 Å². The third-order valence-corrected chi connectivity index (χ3v) is 5.17. The Hall–Kier alpha value is -2.67. The Balaban J connectivity index is 1.79. The fourth-order valence-corrected chi connectivity index (χ4v) is 3.74. The van der Waals surface area contributed by atoms with Crippen LogP contribution in [0.5, 0.6) is 0 Å². The van der Waals surface area contributed by atoms with Crippen LogP contribution < -0.4 is 5.32 Å². The molecule has 2 aromatic rings. The number of benzene rings is 1. The zero-order chi connectivity index (χ0) is 19.6. The van der Waals surface area contributed by atoms with Crippen molar-refractivity contribution < 1.29 is 9.59 Å². The van der Waals surface area contributed by atoms with Gasteiger partial charge in [-0.1, -0.05) is 30.3 Å². The number of nitrogens with zero attached hydrogens (tertiary/aromatic N) is 4. The molecule has 3 rings (SSSR count). The van der Waals surface area contributed by atoms with Crippen LogP contribution in [0, 0.1) is 5.92 Å². The molecule has 27 heavy (non-hydrogen) atoms. The van der Waals surface area contributed by atoms with E-state index in [4.69, 9.17) is 0 Å². The third-order valence-electron chi connectivity index (χ3n) is 5.17. The quantitative estimate of drug-likeness (QED) is 0.835. The van der Waals surface area contributed by atoms with Crippen LogP contribution in [0.4, 0.5) is 0 Å². The van der Waals surface area contributed by atoms with E-state index in [1.165, 1.54) is 0 Å². The van der Waals surface area contributed by atoms with E-state index < -0.39 is 6.04 Å². The van der Waals surface area contributed by atoms with Gasteiger partial charge in [0, 0.05) is 58.8 Å². The number of hydrogen-bond donors (Lipinski definition) is 1. The summed E-state index contributed by atoms with van der Waals surface area (Å²) in [5.41, 5.74) is 1.94. The Morgan fingerprint density at radius 1 is 1.30 bits per heavy atom. The first-order valence-corrected chi connectivity index (χ1v) is 9.12. The minimum atomic E-state index is -0.434. The zero-order valence-electron chi connectivity index (χ0n) is 16.3. The van der Waals surface area contributed by atoms with Gasteiger partial charge >= 0.3 is 0 Å². The molecule has 7 heteroatoms. The lowest BCUT2D eigenvalue weighted by Gasteiger charge is -2.27. The predicted octanol–water partition coefficient (Wildman–Crippen LogP) is 1.36. The Bertz CT molecular complexity index is 802. The van der Waals surface area contributed by atoms with Crippen molar-refractivity contribution in [3.8, 4) is 0 Å². The number of carbonyl (C=O) groups excluding carboxylic acids is 2. The van der Waals surface area contributed by atoms with Crippen LogP contribution in [-0.4, -0.2) is 59.1 Å². The summed E-state index contributed by atoms with van der Waals surface area (Å²) in [4.78, 5) is 28.4. The van der Waals surface area contributed by atoms with Crippen molar-refractivity contribution in [2.75, 3.05) is 27.7 Å². The van der Waals surface area contributed by atoms with E-state index in [9.17, 15) is 9.59 Å². The van der Waals surface area contributed by atoms with Gasteiger partial charge in [-0.05, 0) is 5.56 Å². The lowest BCUT2D eigenvalue weighted by atomic mass is 9.95. The van der Waals surface area contributed by atoms with Crippen LogP contribution in [0.3, 0.4) is 0 Å². The maximum absolute atomic E-state index is 12.7. The van der Waals surface area contributed by atoms with Gasteiger partial charge in [-0.2, -0.15) is 5.10 Å². The monoisotopic (exact) mass is 369 g/mol. The second-order valence-corrected chi connectivity index (χ2v) is 7.35. The maximum Gasteiger partial charge on any atom is 0.243 e. The van der Waals surface area contributed by atoms with Gasteiger partial charge in [-0.15, -0.1) is 0 Å². The number of amides is 2. The van der Waals surface area contributed by atoms with Gasteiger partial charge < -0.3 is 15.1 Å². The van der Waals surface area contributed by atoms with E-state index >= 15 is 0 Å². The summed E-state index contributed by atoms with van der Waals surface area (Å²) in [6.45, 7) is 0.564. The molecule has 7 nitrogen and oxygen atoms in total. The molecule has 0 saturated carbocycles. The molecule has 0 unspecified atom stereocenters. The Morgan fingerprint density at radius 3 is 2.59 bits per heavy atom. The molecule has 1 fully saturated rings. The molecule has 3 atom stereocenters. The van der Waals surface area contributed by atoms with E-state index in [1.54, 1.807) is 28.6 Å². The average molecular weight is 369 g/mol. The van der Waals surface area contributed by atoms with Crippen LogP contribution in [0.15, 0.2) is 42.7 Å². The number of likely N-dealkylation sites (N-methyl/N-ethyl adjacent to an activating group) is 1. The van der Waals surface area contributed by atoms with Gasteiger partial charge in [0.25, 0.3) is 0 Å². The van der Waals surface area contributed by atoms with Crippen molar-refractivity contribution >= 4 is 11.8 Å². The second kappa shape index (κ2) is 7.92. The van der Waals surface area contributed by atoms with Gasteiger partial charge in [-0.25, -0.2) is 0 Å². The van der Waals surface area contributed by atoms with E-state index in [-0.39, 0.29) is 23.8 Å². The number of hydrogen-bond acceptors (Lipinski definition) is 4. The summed E-state index contributed by atoms with van der Waals surface area (Å²) in [7, 11) is 7.21. The van der Waals surface area contributed by atoms with Gasteiger partial charge in [0.2, 0.25) is 11.8 Å². The van der Waals surface area contributed by atoms with Crippen molar-refractivity contribution in [2.24, 2.45) is 13.0 Å². The predicted molar refractivity (Wildman–Crippen MR) is 103 cm³/mol. The molecule has 0 spiro atoms. The maximum atomic E-state index is 12.7. The van der Waals surface area contributed by atoms with E-state index in [2.05, 4.69) is 10.4 Å². The third kappa shape index (κ3) is 4.03. The highest BCUT2D eigenvalue weighted by Crippen LogP contribution is 2.36. The Labute approximate surface area is 159 Å². The minimum Gasteiger partial charge on any atom is -0.347 e. The topological polar surface area (TPSA) is 70.5 Å². The highest BCUT2D eigenvalue weighted by molar-refractivity contribution is 5.83. The van der Waals surface area contributed by atoms with Crippen molar-refractivity contribution in [1.29, 1.82) is 0 Å². The molecule has 1 aromatic heterocycles. The molecule has 1 aromatic carbocycles. The molecule has 0 aliphatic carbocycles. The fraction of sp³-hybridized carbons (Fsp3) is 0.450. The van der Waals surface area contributed by atoms with E-state index in [0.29, 0.717) is 13.0 Å². The van der Waals surface area contributed by atoms with Crippen LogP contribution in [0.2, 0.25) is 0 Å². The first-order valence-electron chi connectivity index (χ1n) is 9.12. The van der Waals surface area contributed by atoms with E-state index in [1.807, 2.05) is 56.8 Å². The van der Waals surface area contributed by atoms with Gasteiger partial charge in [0.15, 0.2) is 0 Å². The van der Waals surface area contributed by atoms with Crippen molar-refractivity contribution in [3.05, 3.63) is 53.9 Å². The van der Waals surface area contributed by atoms with Crippen LogP contribution >= 0.6 is 0 Å². The minimum absolute atomic E-state index is 0.00296. The summed E-state index contributed by atoms with van der Waals surface area (Å²) in [5.74, 6) is 0.190. The summed E-state index contributed by atoms with van der Waals surface area (Å²) in [5, 5.41) is 7.66. The summed E-state index contributed by atoms with van der Waals surface area (Å²) in [6, 6.07) is 9.22. The molecule has 0 bridgehead atoms. The van der Waals surface area contributed by atoms with Crippen LogP contribution in [-0.2, 0) is 16.6 Å². The molecule has 0 radical (unpaired) electrons. The van der Waals surface area contributed by atoms with Crippen molar-refractivity contribution in [3.63, 3.8) is 0 Å². The number of nitrogens with one attached hydrogen (secondary N) is 1. The fourth-order valence-electron chi connectivity index (χ4n) is 3.74. The lowest BCUT2D eigenvalue weighted by Crippen LogP contribution is -2.39. The molecule has 2 amide bonds. The van der Waals surface area contributed by atoms with Crippen LogP contribution in [0.25, 0.3) is 0 Å². The van der Waals surface area contributed by atoms with Gasteiger partial charge in [-0.3, -0.25) is 14.3 Å². The molecule has 1 aliphatic heterocycles. The largest absolute Gasteiger partial charge is 0.347 e. The molecule has 1 saturated heterocycles. The summed E-state index contributed by atoms with van der Waals surface area (Å²) >= 11 is 0. The molecular formula is C20H27N5O2. The highest BCUT2D eigenvalue weighted by atomic mass is 16.2. The summed E-state index contributed by atoms with van der Waals surface area (Å²) in [6.07, 6.45) is 4.22. The number of likely N-dealkylation sites (tertiary alicyclic amines) is 1. The molecule has 144 valence electrons. The van der Waals surface area contributed by atoms with Crippen molar-refractivity contribution in [2.45, 2.75) is 18.5 Å². The Morgan fingerprint density at radius 2 is 2.00 bits per heavy atom. The average Bonchev–Trinajstić information content (AvgIpc) is 3.19. The van der Waals surface area contributed by atoms with Gasteiger partial charge in [0.1, 0.15) is 6.04 Å². The number of rotatable bonds is 6. The molecule has 1 aliphatic rings. The summed E-state index contributed by atoms with van der Waals surface area (Å²) < 4.78 is 1.75. The number of aromatic nitrogens is 2. The first-order chi connectivity index (χ1) is 12.9. The SMILES string of the molecule is CN(C)C(=O)[C@@H](NC[C@@H]1CC(=O)N(C)[C@H]1c1cnn(C)c1)c1ccccc1. The molecular weight excluding hydrogens is 342 g/mol. The molecule has 2 heterocycles. The normalized spacial score (nSPS) is 20.7. The van der Waals surface area contributed by atoms with E-state index in [0.717, 1.165) is 11.1 Å². The highest BCUT2D eigenvalue weighted by Gasteiger charge is 2.39. The first kappa shape index (κ1) is 19.1. The second-order valence-electron chi connectivity index (χ2n) is 7.35. The molecule has 1 N–H and O–H groups in total. The standard InChI is InChI=1S/C20H27N5O2/c1-23(2)20(27)18(14-8-6-5-7-9-14)21-11-15-10-17(26)25(4)19(15)16-12-22-24(3)13-16/h5-9,12-13,15,18-19,21H,10-11H2,1-4H3/t15-,18-,19+/m0/s1.